The average molecular weight is 784 g/mol. The van der Waals surface area contributed by atoms with Gasteiger partial charge in [0.2, 0.25) is 23.6 Å². The zero-order chi connectivity index (χ0) is 41.1. The molecule has 5 atom stereocenters. The summed E-state index contributed by atoms with van der Waals surface area (Å²) in [5.74, 6) is 0.772. The van der Waals surface area contributed by atoms with Gasteiger partial charge >= 0.3 is 0 Å². The van der Waals surface area contributed by atoms with E-state index in [0.717, 1.165) is 49.5 Å². The van der Waals surface area contributed by atoms with E-state index in [2.05, 4.69) is 83.6 Å². The Morgan fingerprint density at radius 3 is 1.86 bits per heavy atom. The first-order chi connectivity index (χ1) is 27.0. The number of carbonyl (C=O) groups excluding carboxylic acids is 4. The van der Waals surface area contributed by atoms with E-state index >= 15 is 0 Å². The zero-order valence-corrected chi connectivity index (χ0v) is 33.9. The molecule has 4 amide bonds. The Kier molecular flexibility index (Phi) is 23.1. The Balaban J connectivity index is -0.000000433. The molecule has 14 nitrogen and oxygen atoms in total. The molecule has 0 radical (unpaired) electrons. The molecule has 1 aromatic carbocycles. The van der Waals surface area contributed by atoms with Gasteiger partial charge in [-0.2, -0.15) is 10.5 Å². The number of para-hydroxylation sites is 1. The molecule has 1 unspecified atom stereocenters. The fraction of sp³-hybridized carbons (Fsp3) is 0.595. The fourth-order valence-corrected chi connectivity index (χ4v) is 5.99. The molecule has 2 saturated heterocycles. The van der Waals surface area contributed by atoms with Gasteiger partial charge in [-0.05, 0) is 68.2 Å². The lowest BCUT2D eigenvalue weighted by molar-refractivity contribution is -0.128. The Morgan fingerprint density at radius 1 is 0.857 bits per heavy atom. The molecule has 6 N–H and O–H groups in total. The summed E-state index contributed by atoms with van der Waals surface area (Å²) in [7, 11) is 0. The van der Waals surface area contributed by atoms with Crippen molar-refractivity contribution >= 4 is 23.6 Å². The number of amides is 4. The third kappa shape index (κ3) is 19.5. The Bertz CT molecular complexity index is 1560. The third-order valence-electron chi connectivity index (χ3n) is 8.51. The maximum Gasteiger partial charge on any atom is 0.234 e. The van der Waals surface area contributed by atoms with Crippen LogP contribution in [0.15, 0.2) is 48.7 Å². The monoisotopic (exact) mass is 784 g/mol. The molecule has 1 aromatic heterocycles. The molecule has 0 bridgehead atoms. The van der Waals surface area contributed by atoms with E-state index in [1.807, 2.05) is 42.5 Å². The number of carbonyl (C=O) groups is 4. The predicted molar refractivity (Wildman–Crippen MR) is 226 cm³/mol. The van der Waals surface area contributed by atoms with Gasteiger partial charge in [0.15, 0.2) is 0 Å². The molecule has 316 valence electrons. The molecule has 2 fully saturated rings. The summed E-state index contributed by atoms with van der Waals surface area (Å²) in [6.45, 7) is 13.4. The zero-order valence-electron chi connectivity index (χ0n) is 33.9. The molecule has 14 heteroatoms. The summed E-state index contributed by atoms with van der Waals surface area (Å²) in [5, 5.41) is 35.4. The molecule has 2 aromatic rings. The van der Waals surface area contributed by atoms with E-state index < -0.39 is 12.1 Å². The number of fused-ring (bicyclic) bond motifs is 1. The highest BCUT2D eigenvalue weighted by molar-refractivity contribution is 5.81. The summed E-state index contributed by atoms with van der Waals surface area (Å²) in [6.07, 6.45) is 7.83. The van der Waals surface area contributed by atoms with E-state index in [-0.39, 0.29) is 61.8 Å². The highest BCUT2D eigenvalue weighted by atomic mass is 16.5. The van der Waals surface area contributed by atoms with Gasteiger partial charge in [-0.3, -0.25) is 24.2 Å². The quantitative estimate of drug-likeness (QED) is 0.153. The molecule has 56 heavy (non-hydrogen) atoms. The standard InChI is InChI=1S/C19H24N4O3.C16H21N5O2.C4H10.C3H8.5H2/c20-10-15(8-14-5-3-7-22-19(14)25)23-18(24)12-21-11-16-9-13-4-1-2-6-17(13)26-16;17-9-14(8-12-4-3-7-20-16(12)23)21-15(22)11-18-10-13-5-1-2-6-19-13;1-4(2)3;1-3-2;;;;;/h1-2,4,6,14-16,21H,3,5,7-9,11-12H2,(H,22,25)(H,23,24);1-2,5-6,12,14,18H,3-4,7-8,10-11H2,(H,20,23)(H,21,22);4H,1-3H3;3H2,1-2H3;5*1H/t14-,15-,16?;12-,14-;;;;;;;/m00......./s1. The van der Waals surface area contributed by atoms with Crippen molar-refractivity contribution < 1.29 is 31.0 Å². The highest BCUT2D eigenvalue weighted by Gasteiger charge is 2.28. The first-order valence-electron chi connectivity index (χ1n) is 20.0. The van der Waals surface area contributed by atoms with Gasteiger partial charge in [0.05, 0.1) is 30.9 Å². The molecule has 3 aliphatic heterocycles. The van der Waals surface area contributed by atoms with Crippen LogP contribution in [0.25, 0.3) is 0 Å². The second-order valence-corrected chi connectivity index (χ2v) is 14.8. The van der Waals surface area contributed by atoms with Crippen LogP contribution in [-0.2, 0) is 32.1 Å². The largest absolute Gasteiger partial charge is 0.488 e. The summed E-state index contributed by atoms with van der Waals surface area (Å²) >= 11 is 0. The van der Waals surface area contributed by atoms with E-state index in [0.29, 0.717) is 39.0 Å². The minimum atomic E-state index is -0.648. The Morgan fingerprint density at radius 2 is 1.38 bits per heavy atom. The Hall–Kier alpha value is -5.05. The second kappa shape index (κ2) is 27.5. The number of nitrogens with zero attached hydrogens (tertiary/aromatic N) is 3. The van der Waals surface area contributed by atoms with E-state index in [1.165, 1.54) is 12.0 Å². The van der Waals surface area contributed by atoms with Gasteiger partial charge in [-0.1, -0.05) is 65.3 Å². The molecule has 0 spiro atoms. The van der Waals surface area contributed by atoms with E-state index in [9.17, 15) is 24.4 Å². The number of hydrogen-bond donors (Lipinski definition) is 6. The Labute approximate surface area is 340 Å². The first kappa shape index (κ1) is 47.1. The van der Waals surface area contributed by atoms with E-state index in [4.69, 9.17) is 10.00 Å². The van der Waals surface area contributed by atoms with Crippen LogP contribution >= 0.6 is 0 Å². The number of nitriles is 2. The number of nitrogens with one attached hydrogen (secondary N) is 6. The lowest BCUT2D eigenvalue weighted by atomic mass is 9.92. The van der Waals surface area contributed by atoms with Gasteiger partial charge in [-0.15, -0.1) is 0 Å². The first-order valence-corrected chi connectivity index (χ1v) is 20.0. The maximum atomic E-state index is 12.1. The molecule has 0 aliphatic carbocycles. The molecule has 3 aliphatic rings. The summed E-state index contributed by atoms with van der Waals surface area (Å²) in [4.78, 5) is 51.6. The van der Waals surface area contributed by atoms with Crippen molar-refractivity contribution in [1.29, 1.82) is 10.5 Å². The van der Waals surface area contributed by atoms with Crippen molar-refractivity contribution in [3.63, 3.8) is 0 Å². The smallest absolute Gasteiger partial charge is 0.234 e. The number of rotatable bonds is 14. The molecule has 0 saturated carbocycles. The lowest BCUT2D eigenvalue weighted by Crippen LogP contribution is -2.45. The predicted octanol–water partition coefficient (Wildman–Crippen LogP) is 4.91. The van der Waals surface area contributed by atoms with Gasteiger partial charge in [0.25, 0.3) is 0 Å². The molecular formula is C42H73N9O5. The topological polar surface area (TPSA) is 210 Å². The van der Waals surface area contributed by atoms with Crippen LogP contribution in [-0.4, -0.2) is 79.5 Å². The van der Waals surface area contributed by atoms with Crippen molar-refractivity contribution in [3.8, 4) is 17.9 Å². The third-order valence-corrected chi connectivity index (χ3v) is 8.51. The molecule has 4 heterocycles. The van der Waals surface area contributed by atoms with Crippen LogP contribution < -0.4 is 36.6 Å². The van der Waals surface area contributed by atoms with Gasteiger partial charge in [0.1, 0.15) is 23.9 Å². The summed E-state index contributed by atoms with van der Waals surface area (Å²) in [5.41, 5.74) is 2.02. The second-order valence-electron chi connectivity index (χ2n) is 14.8. The number of piperidine rings is 2. The summed E-state index contributed by atoms with van der Waals surface area (Å²) in [6, 6.07) is 16.3. The fourth-order valence-electron chi connectivity index (χ4n) is 5.99. The van der Waals surface area contributed by atoms with Crippen LogP contribution in [0.5, 0.6) is 5.75 Å². The number of ether oxygens (including phenoxy) is 1. The number of benzene rings is 1. The van der Waals surface area contributed by atoms with Crippen molar-refractivity contribution in [2.45, 2.75) is 111 Å². The van der Waals surface area contributed by atoms with Crippen LogP contribution in [0.4, 0.5) is 0 Å². The molecule has 5 rings (SSSR count). The SMILES string of the molecule is CC(C)C.CCC.N#C[C@H](C[C@@H]1CCCNC1=O)NC(=O)CNCC1Cc2ccccc2O1.N#C[C@H](C[C@@H]1CCCNC1=O)NC(=O)CNCc1ccccn1.[HH].[HH].[HH].[HH].[HH]. The number of hydrogen-bond acceptors (Lipinski definition) is 10. The lowest BCUT2D eigenvalue weighted by Gasteiger charge is -2.24. The van der Waals surface area contributed by atoms with Gasteiger partial charge in [0, 0.05) is 57.8 Å². The normalized spacial score (nSPS) is 19.0. The average Bonchev–Trinajstić information content (AvgIpc) is 3.60. The van der Waals surface area contributed by atoms with Crippen LogP contribution in [0, 0.1) is 40.4 Å². The van der Waals surface area contributed by atoms with Gasteiger partial charge < -0.3 is 36.6 Å². The van der Waals surface area contributed by atoms with Crippen LogP contribution in [0.1, 0.15) is 98.0 Å². The highest BCUT2D eigenvalue weighted by Crippen LogP contribution is 2.27. The number of pyridine rings is 1. The summed E-state index contributed by atoms with van der Waals surface area (Å²) < 4.78 is 5.81. The van der Waals surface area contributed by atoms with Gasteiger partial charge in [-0.25, -0.2) is 0 Å². The van der Waals surface area contributed by atoms with Crippen molar-refractivity contribution in [2.75, 3.05) is 32.7 Å². The van der Waals surface area contributed by atoms with Crippen molar-refractivity contribution in [3.05, 3.63) is 59.9 Å². The van der Waals surface area contributed by atoms with Crippen molar-refractivity contribution in [2.24, 2.45) is 17.8 Å². The van der Waals surface area contributed by atoms with E-state index in [1.54, 1.807) is 6.20 Å². The van der Waals surface area contributed by atoms with Crippen LogP contribution in [0.3, 0.4) is 0 Å². The number of aromatic nitrogens is 1. The van der Waals surface area contributed by atoms with Crippen LogP contribution in [0.2, 0.25) is 0 Å². The van der Waals surface area contributed by atoms with Crippen molar-refractivity contribution in [1.82, 2.24) is 36.9 Å². The maximum absolute atomic E-state index is 12.1. The minimum Gasteiger partial charge on any atom is -0.488 e. The minimum absolute atomic E-state index is 0. The molecular weight excluding hydrogens is 711 g/mol.